The van der Waals surface area contributed by atoms with Gasteiger partial charge in [-0.05, 0) is 41.3 Å². The maximum atomic E-state index is 13.7. The molecule has 2 aliphatic heterocycles. The standard InChI is InChI=1S/C24H23FN4O3/c1-23(2,3)12-30-16-4-5-19-17(10-16)24(13-31-22(26)29-24)18-8-15(11-28-21(18)32-19)14-6-7-27-20(25)9-14/h4-11H,12-13H2,1-3H3,(H2,26,29)/t24-/m0/s1. The Hall–Kier alpha value is -3.68. The van der Waals surface area contributed by atoms with Gasteiger partial charge in [0.25, 0.3) is 6.02 Å². The van der Waals surface area contributed by atoms with E-state index in [1.165, 1.54) is 12.3 Å². The Bertz CT molecular complexity index is 1240. The van der Waals surface area contributed by atoms with Gasteiger partial charge >= 0.3 is 0 Å². The second-order valence-corrected chi connectivity index (χ2v) is 9.15. The molecule has 0 fully saturated rings. The number of hydrogen-bond acceptors (Lipinski definition) is 7. The summed E-state index contributed by atoms with van der Waals surface area (Å²) in [4.78, 5) is 12.8. The molecule has 2 aromatic heterocycles. The lowest BCUT2D eigenvalue weighted by atomic mass is 9.81. The highest BCUT2D eigenvalue weighted by molar-refractivity contribution is 5.77. The first-order valence-electron chi connectivity index (χ1n) is 10.3. The van der Waals surface area contributed by atoms with Crippen molar-refractivity contribution in [3.8, 4) is 28.5 Å². The zero-order chi connectivity index (χ0) is 22.5. The highest BCUT2D eigenvalue weighted by atomic mass is 19.1. The number of hydrogen-bond donors (Lipinski definition) is 1. The molecule has 0 unspecified atom stereocenters. The van der Waals surface area contributed by atoms with E-state index < -0.39 is 11.5 Å². The van der Waals surface area contributed by atoms with Gasteiger partial charge in [-0.25, -0.2) is 15.0 Å². The number of rotatable bonds is 3. The Morgan fingerprint density at radius 2 is 1.94 bits per heavy atom. The van der Waals surface area contributed by atoms with Crippen LogP contribution in [0.25, 0.3) is 11.1 Å². The molecular weight excluding hydrogens is 411 g/mol. The van der Waals surface area contributed by atoms with Crippen LogP contribution in [-0.4, -0.2) is 29.2 Å². The maximum absolute atomic E-state index is 13.7. The highest BCUT2D eigenvalue weighted by Crippen LogP contribution is 2.51. The van der Waals surface area contributed by atoms with Crippen molar-refractivity contribution in [3.63, 3.8) is 0 Å². The van der Waals surface area contributed by atoms with Crippen LogP contribution in [0.1, 0.15) is 31.9 Å². The molecule has 1 spiro atoms. The third-order valence-electron chi connectivity index (χ3n) is 5.36. The average Bonchev–Trinajstić information content (AvgIpc) is 3.14. The molecule has 1 atom stereocenters. The summed E-state index contributed by atoms with van der Waals surface area (Å²) in [5.74, 6) is 1.15. The molecule has 0 radical (unpaired) electrons. The summed E-state index contributed by atoms with van der Waals surface area (Å²) in [5, 5.41) is 0. The van der Waals surface area contributed by atoms with Gasteiger partial charge in [-0.3, -0.25) is 0 Å². The minimum absolute atomic E-state index is 0.00831. The van der Waals surface area contributed by atoms with E-state index in [0.29, 0.717) is 40.7 Å². The molecule has 0 saturated carbocycles. The van der Waals surface area contributed by atoms with E-state index >= 15 is 0 Å². The summed E-state index contributed by atoms with van der Waals surface area (Å²) in [5.41, 5.74) is 7.84. The van der Waals surface area contributed by atoms with Crippen molar-refractivity contribution < 1.29 is 18.6 Å². The number of benzene rings is 1. The number of amidine groups is 1. The minimum atomic E-state index is -0.942. The van der Waals surface area contributed by atoms with Gasteiger partial charge in [0.05, 0.1) is 12.2 Å². The molecular formula is C24H23FN4O3. The Kier molecular flexibility index (Phi) is 4.54. The van der Waals surface area contributed by atoms with Crippen molar-refractivity contribution in [2.24, 2.45) is 16.1 Å². The number of nitrogens with two attached hydrogens (primary N) is 1. The van der Waals surface area contributed by atoms with E-state index in [1.807, 2.05) is 24.3 Å². The summed E-state index contributed by atoms with van der Waals surface area (Å²) in [6, 6.07) is 10.7. The van der Waals surface area contributed by atoms with E-state index in [1.54, 1.807) is 12.3 Å². The Morgan fingerprint density at radius 3 is 2.66 bits per heavy atom. The van der Waals surface area contributed by atoms with Gasteiger partial charge < -0.3 is 19.9 Å². The topological polar surface area (TPSA) is 91.9 Å². The van der Waals surface area contributed by atoms with Gasteiger partial charge in [0.2, 0.25) is 11.8 Å². The molecule has 2 N–H and O–H groups in total. The lowest BCUT2D eigenvalue weighted by Crippen LogP contribution is -2.31. The molecule has 0 amide bonds. The first kappa shape index (κ1) is 20.2. The van der Waals surface area contributed by atoms with Crippen molar-refractivity contribution in [1.82, 2.24) is 9.97 Å². The van der Waals surface area contributed by atoms with Gasteiger partial charge in [0.15, 0.2) is 5.54 Å². The van der Waals surface area contributed by atoms with Crippen LogP contribution in [0.4, 0.5) is 4.39 Å². The number of pyridine rings is 2. The summed E-state index contributed by atoms with van der Waals surface area (Å²) < 4.78 is 31.4. The van der Waals surface area contributed by atoms with Crippen LogP contribution in [0.2, 0.25) is 0 Å². The van der Waals surface area contributed by atoms with Crippen molar-refractivity contribution in [1.29, 1.82) is 0 Å². The quantitative estimate of drug-likeness (QED) is 0.615. The van der Waals surface area contributed by atoms with Crippen LogP contribution in [0.3, 0.4) is 0 Å². The number of fused-ring (bicyclic) bond motifs is 4. The monoisotopic (exact) mass is 434 g/mol. The van der Waals surface area contributed by atoms with Crippen LogP contribution in [0.5, 0.6) is 17.4 Å². The van der Waals surface area contributed by atoms with E-state index in [0.717, 1.165) is 5.56 Å². The Labute approximate surface area is 185 Å². The highest BCUT2D eigenvalue weighted by Gasteiger charge is 2.48. The summed E-state index contributed by atoms with van der Waals surface area (Å²) in [7, 11) is 0. The second kappa shape index (κ2) is 7.19. The Morgan fingerprint density at radius 1 is 1.09 bits per heavy atom. The predicted molar refractivity (Wildman–Crippen MR) is 117 cm³/mol. The van der Waals surface area contributed by atoms with Crippen molar-refractivity contribution >= 4 is 6.02 Å². The Balaban J connectivity index is 1.63. The normalized spacial score (nSPS) is 18.9. The number of aromatic nitrogens is 2. The molecule has 8 heteroatoms. The molecule has 0 saturated heterocycles. The molecule has 1 aromatic carbocycles. The third-order valence-corrected chi connectivity index (χ3v) is 5.36. The largest absolute Gasteiger partial charge is 0.493 e. The SMILES string of the molecule is CC(C)(C)COc1ccc2c(c1)[C@@]1(COC(N)=N1)c1cc(-c3ccnc(F)c3)cnc1O2. The fourth-order valence-corrected chi connectivity index (χ4v) is 3.84. The van der Waals surface area contributed by atoms with Crippen LogP contribution in [0.15, 0.2) is 53.8 Å². The number of halogens is 1. The zero-order valence-electron chi connectivity index (χ0n) is 18.1. The van der Waals surface area contributed by atoms with Crippen LogP contribution < -0.4 is 15.2 Å². The first-order chi connectivity index (χ1) is 15.2. The van der Waals surface area contributed by atoms with E-state index in [-0.39, 0.29) is 18.0 Å². The van der Waals surface area contributed by atoms with Crippen LogP contribution in [0, 0.1) is 11.4 Å². The molecule has 4 heterocycles. The number of ether oxygens (including phenoxy) is 3. The minimum Gasteiger partial charge on any atom is -0.493 e. The number of aliphatic imine (C=N–C) groups is 1. The first-order valence-corrected chi connectivity index (χ1v) is 10.3. The molecule has 7 nitrogen and oxygen atoms in total. The van der Waals surface area contributed by atoms with E-state index in [4.69, 9.17) is 19.9 Å². The lowest BCUT2D eigenvalue weighted by molar-refractivity contribution is 0.197. The third kappa shape index (κ3) is 3.51. The average molecular weight is 434 g/mol. The molecule has 5 rings (SSSR count). The second-order valence-electron chi connectivity index (χ2n) is 9.15. The predicted octanol–water partition coefficient (Wildman–Crippen LogP) is 4.40. The fraction of sp³-hybridized carbons (Fsp3) is 0.292. The summed E-state index contributed by atoms with van der Waals surface area (Å²) >= 11 is 0. The van der Waals surface area contributed by atoms with Gasteiger partial charge in [-0.15, -0.1) is 0 Å². The van der Waals surface area contributed by atoms with Crippen molar-refractivity contribution in [2.45, 2.75) is 26.3 Å². The molecule has 164 valence electrons. The molecule has 0 bridgehead atoms. The lowest BCUT2D eigenvalue weighted by Gasteiger charge is -2.33. The molecule has 2 aliphatic rings. The zero-order valence-corrected chi connectivity index (χ0v) is 18.1. The summed E-state index contributed by atoms with van der Waals surface area (Å²) in [6.45, 7) is 7.07. The van der Waals surface area contributed by atoms with Gasteiger partial charge in [0.1, 0.15) is 18.1 Å². The van der Waals surface area contributed by atoms with Gasteiger partial charge in [-0.2, -0.15) is 4.39 Å². The fourth-order valence-electron chi connectivity index (χ4n) is 3.84. The molecule has 0 aliphatic carbocycles. The molecule has 3 aromatic rings. The van der Waals surface area contributed by atoms with Gasteiger partial charge in [-0.1, -0.05) is 20.8 Å². The maximum Gasteiger partial charge on any atom is 0.283 e. The van der Waals surface area contributed by atoms with E-state index in [2.05, 4.69) is 35.7 Å². The van der Waals surface area contributed by atoms with Crippen molar-refractivity contribution in [2.75, 3.05) is 13.2 Å². The molecule has 32 heavy (non-hydrogen) atoms. The smallest absolute Gasteiger partial charge is 0.283 e. The van der Waals surface area contributed by atoms with E-state index in [9.17, 15) is 4.39 Å². The van der Waals surface area contributed by atoms with Crippen molar-refractivity contribution in [3.05, 3.63) is 65.9 Å². The van der Waals surface area contributed by atoms with Crippen LogP contribution >= 0.6 is 0 Å². The summed E-state index contributed by atoms with van der Waals surface area (Å²) in [6.07, 6.45) is 3.05. The number of nitrogens with zero attached hydrogens (tertiary/aromatic N) is 3. The van der Waals surface area contributed by atoms with Crippen LogP contribution in [-0.2, 0) is 10.3 Å². The van der Waals surface area contributed by atoms with Gasteiger partial charge in [0, 0.05) is 29.6 Å².